The van der Waals surface area contributed by atoms with Crippen LogP contribution in [-0.2, 0) is 9.47 Å². The number of aliphatic hydroxyl groups is 1. The van der Waals surface area contributed by atoms with Crippen molar-refractivity contribution in [2.75, 3.05) is 6.61 Å². The molecule has 5 heteroatoms. The van der Waals surface area contributed by atoms with E-state index in [0.717, 1.165) is 4.90 Å². The fourth-order valence-corrected chi connectivity index (χ4v) is 3.40. The van der Waals surface area contributed by atoms with Crippen LogP contribution in [-0.4, -0.2) is 41.5 Å². The summed E-state index contributed by atoms with van der Waals surface area (Å²) in [5.74, 6) is 0. The number of thioether (sulfide) groups is 1. The normalized spacial score (nSPS) is 40.5. The molecule has 3 rings (SSSR count). The summed E-state index contributed by atoms with van der Waals surface area (Å²) in [4.78, 5) is 1.08. The highest BCUT2D eigenvalue weighted by molar-refractivity contribution is 8.00. The Morgan fingerprint density at radius 1 is 1.29 bits per heavy atom. The first-order chi connectivity index (χ1) is 8.25. The van der Waals surface area contributed by atoms with Gasteiger partial charge in [0.1, 0.15) is 6.10 Å². The summed E-state index contributed by atoms with van der Waals surface area (Å²) in [6.45, 7) is 0.481. The summed E-state index contributed by atoms with van der Waals surface area (Å²) in [7, 11) is 0. The molecule has 17 heavy (non-hydrogen) atoms. The van der Waals surface area contributed by atoms with Gasteiger partial charge in [-0.15, -0.1) is 11.8 Å². The monoisotopic (exact) mass is 253 g/mol. The smallest absolute Gasteiger partial charge is 0.172 e. The Bertz CT molecular complexity index is 389. The predicted octanol–water partition coefficient (Wildman–Crippen LogP) is 0.591. The van der Waals surface area contributed by atoms with Crippen LogP contribution < -0.4 is 5.73 Å². The van der Waals surface area contributed by atoms with Gasteiger partial charge in [0.15, 0.2) is 6.29 Å². The van der Waals surface area contributed by atoms with Gasteiger partial charge in [0.05, 0.1) is 24.0 Å². The average Bonchev–Trinajstić information content (AvgIpc) is 2.80. The van der Waals surface area contributed by atoms with E-state index >= 15 is 0 Å². The topological polar surface area (TPSA) is 64.7 Å². The number of fused-ring (bicyclic) bond motifs is 2. The Balaban J connectivity index is 1.78. The van der Waals surface area contributed by atoms with Crippen LogP contribution in [0.15, 0.2) is 35.2 Å². The van der Waals surface area contributed by atoms with E-state index in [-0.39, 0.29) is 23.7 Å². The maximum Gasteiger partial charge on any atom is 0.172 e. The summed E-state index contributed by atoms with van der Waals surface area (Å²) in [5, 5.41) is 10.0. The molecule has 4 nitrogen and oxygen atoms in total. The van der Waals surface area contributed by atoms with Gasteiger partial charge >= 0.3 is 0 Å². The zero-order valence-electron chi connectivity index (χ0n) is 9.23. The third-order valence-electron chi connectivity index (χ3n) is 3.18. The summed E-state index contributed by atoms with van der Waals surface area (Å²) in [5.41, 5.74) is 5.94. The number of benzene rings is 1. The molecule has 0 saturated carbocycles. The van der Waals surface area contributed by atoms with Gasteiger partial charge in [-0.2, -0.15) is 0 Å². The van der Waals surface area contributed by atoms with Gasteiger partial charge < -0.3 is 20.3 Å². The van der Waals surface area contributed by atoms with Gasteiger partial charge in [-0.25, -0.2) is 0 Å². The van der Waals surface area contributed by atoms with Crippen LogP contribution in [0, 0.1) is 0 Å². The summed E-state index contributed by atoms with van der Waals surface area (Å²) in [6.07, 6.45) is -1.10. The Morgan fingerprint density at radius 2 is 2.06 bits per heavy atom. The van der Waals surface area contributed by atoms with E-state index in [4.69, 9.17) is 15.2 Å². The quantitative estimate of drug-likeness (QED) is 0.807. The number of aliphatic hydroxyl groups excluding tert-OH is 1. The Labute approximate surface area is 104 Å². The summed E-state index contributed by atoms with van der Waals surface area (Å²) in [6, 6.07) is 9.54. The Morgan fingerprint density at radius 3 is 2.82 bits per heavy atom. The number of nitrogens with two attached hydrogens (primary N) is 1. The van der Waals surface area contributed by atoms with E-state index in [2.05, 4.69) is 0 Å². The zero-order valence-corrected chi connectivity index (χ0v) is 10.0. The van der Waals surface area contributed by atoms with Gasteiger partial charge in [-0.05, 0) is 12.1 Å². The van der Waals surface area contributed by atoms with Crippen molar-refractivity contribution in [3.63, 3.8) is 0 Å². The lowest BCUT2D eigenvalue weighted by Gasteiger charge is -2.35. The van der Waals surface area contributed by atoms with Gasteiger partial charge in [-0.1, -0.05) is 18.2 Å². The largest absolute Gasteiger partial charge is 0.390 e. The van der Waals surface area contributed by atoms with Crippen LogP contribution in [0.3, 0.4) is 0 Å². The number of ether oxygens (including phenoxy) is 2. The van der Waals surface area contributed by atoms with E-state index in [9.17, 15) is 5.11 Å². The standard InChI is InChI=1S/C12H15NO3S/c13-9-8-6-15-12(16-8)11(10(9)14)17-7-4-2-1-3-5-7/h1-5,8-12,14H,6,13H2/t8-,9-,10+,11-,12-/m1/s1. The van der Waals surface area contributed by atoms with E-state index in [1.54, 1.807) is 11.8 Å². The van der Waals surface area contributed by atoms with E-state index in [1.165, 1.54) is 0 Å². The van der Waals surface area contributed by atoms with Gasteiger partial charge in [-0.3, -0.25) is 0 Å². The third-order valence-corrected chi connectivity index (χ3v) is 4.50. The van der Waals surface area contributed by atoms with Gasteiger partial charge in [0.2, 0.25) is 0 Å². The minimum absolute atomic E-state index is 0.161. The highest BCUT2D eigenvalue weighted by Gasteiger charge is 2.48. The van der Waals surface area contributed by atoms with E-state index in [1.807, 2.05) is 30.3 Å². The molecular weight excluding hydrogens is 238 g/mol. The molecule has 0 spiro atoms. The Kier molecular flexibility index (Phi) is 3.10. The van der Waals surface area contributed by atoms with Gasteiger partial charge in [0, 0.05) is 4.90 Å². The van der Waals surface area contributed by atoms with Crippen molar-refractivity contribution in [3.05, 3.63) is 30.3 Å². The maximum absolute atomic E-state index is 10.2. The number of rotatable bonds is 2. The molecule has 0 aliphatic carbocycles. The molecule has 92 valence electrons. The predicted molar refractivity (Wildman–Crippen MR) is 64.7 cm³/mol. The van der Waals surface area contributed by atoms with Crippen molar-refractivity contribution in [1.29, 1.82) is 0 Å². The molecule has 0 unspecified atom stereocenters. The number of hydrogen-bond donors (Lipinski definition) is 2. The van der Waals surface area contributed by atoms with Crippen LogP contribution in [0.1, 0.15) is 0 Å². The molecule has 1 aromatic rings. The first-order valence-corrected chi connectivity index (χ1v) is 6.56. The van der Waals surface area contributed by atoms with E-state index < -0.39 is 6.10 Å². The molecule has 2 aliphatic heterocycles. The molecule has 1 aromatic carbocycles. The molecule has 2 bridgehead atoms. The van der Waals surface area contributed by atoms with Crippen LogP contribution in [0.4, 0.5) is 0 Å². The van der Waals surface area contributed by atoms with E-state index in [0.29, 0.717) is 6.61 Å². The first kappa shape index (κ1) is 11.5. The zero-order chi connectivity index (χ0) is 11.8. The highest BCUT2D eigenvalue weighted by Crippen LogP contribution is 2.37. The lowest BCUT2D eigenvalue weighted by Crippen LogP contribution is -2.56. The summed E-state index contributed by atoms with van der Waals surface area (Å²) < 4.78 is 11.2. The fourth-order valence-electron chi connectivity index (χ4n) is 2.20. The molecule has 2 aliphatic rings. The molecule has 0 radical (unpaired) electrons. The molecule has 0 aromatic heterocycles. The lowest BCUT2D eigenvalue weighted by molar-refractivity contribution is -0.118. The first-order valence-electron chi connectivity index (χ1n) is 5.68. The van der Waals surface area contributed by atoms with Crippen molar-refractivity contribution in [3.8, 4) is 0 Å². The van der Waals surface area contributed by atoms with Crippen molar-refractivity contribution < 1.29 is 14.6 Å². The van der Waals surface area contributed by atoms with Crippen LogP contribution in [0.2, 0.25) is 0 Å². The molecule has 0 amide bonds. The van der Waals surface area contributed by atoms with Crippen LogP contribution >= 0.6 is 11.8 Å². The fraction of sp³-hybridized carbons (Fsp3) is 0.500. The second-order valence-electron chi connectivity index (χ2n) is 4.34. The van der Waals surface area contributed by atoms with Crippen LogP contribution in [0.25, 0.3) is 0 Å². The van der Waals surface area contributed by atoms with Crippen molar-refractivity contribution in [2.24, 2.45) is 5.73 Å². The average molecular weight is 253 g/mol. The second-order valence-corrected chi connectivity index (χ2v) is 5.59. The Hall–Kier alpha value is -0.590. The summed E-state index contributed by atoms with van der Waals surface area (Å²) >= 11 is 1.56. The van der Waals surface area contributed by atoms with Crippen LogP contribution in [0.5, 0.6) is 0 Å². The minimum Gasteiger partial charge on any atom is -0.390 e. The minimum atomic E-state index is -0.591. The third kappa shape index (κ3) is 2.09. The molecule has 5 atom stereocenters. The number of hydrogen-bond acceptors (Lipinski definition) is 5. The molecule has 2 saturated heterocycles. The molecule has 2 heterocycles. The van der Waals surface area contributed by atoms with Crippen molar-refractivity contribution >= 4 is 11.8 Å². The maximum atomic E-state index is 10.2. The second kappa shape index (κ2) is 4.59. The molecule has 3 N–H and O–H groups in total. The SMILES string of the molecule is N[C@H]1[C@H](O)[C@@H](Sc2ccccc2)[C@@H]2OC[C@H]1O2. The van der Waals surface area contributed by atoms with Crippen molar-refractivity contribution in [2.45, 2.75) is 34.7 Å². The highest BCUT2D eigenvalue weighted by atomic mass is 32.2. The van der Waals surface area contributed by atoms with Gasteiger partial charge in [0.25, 0.3) is 0 Å². The molecule has 2 fully saturated rings. The van der Waals surface area contributed by atoms with Crippen molar-refractivity contribution in [1.82, 2.24) is 0 Å². The lowest BCUT2D eigenvalue weighted by atomic mass is 10.0. The molecular formula is C12H15NO3S.